The Balaban J connectivity index is 1.26. The minimum absolute atomic E-state index is 1.05. The summed E-state index contributed by atoms with van der Waals surface area (Å²) in [6, 6.07) is 73.3. The van der Waals surface area contributed by atoms with E-state index < -0.39 is 0 Å². The number of hydrogen-bond acceptors (Lipinski definition) is 0. The van der Waals surface area contributed by atoms with Crippen molar-refractivity contribution in [3.63, 3.8) is 0 Å². The molecule has 1 aliphatic carbocycles. The van der Waals surface area contributed by atoms with E-state index >= 15 is 0 Å². The highest BCUT2D eigenvalue weighted by Crippen LogP contribution is 2.41. The zero-order chi connectivity index (χ0) is 36.6. The Labute approximate surface area is 323 Å². The third-order valence-corrected chi connectivity index (χ3v) is 11.0. The van der Waals surface area contributed by atoms with Gasteiger partial charge in [-0.05, 0) is 152 Å². The average molecular weight is 702 g/mol. The van der Waals surface area contributed by atoms with Gasteiger partial charge in [-0.15, -0.1) is 0 Å². The monoisotopic (exact) mass is 701 g/mol. The fourth-order valence-electron chi connectivity index (χ4n) is 8.32. The van der Waals surface area contributed by atoms with Crippen molar-refractivity contribution in [3.05, 3.63) is 218 Å². The van der Waals surface area contributed by atoms with Crippen molar-refractivity contribution >= 4 is 17.0 Å². The van der Waals surface area contributed by atoms with E-state index in [2.05, 4.69) is 217 Å². The number of fused-ring (bicyclic) bond motifs is 3. The van der Waals surface area contributed by atoms with Crippen LogP contribution in [-0.2, 0) is 6.42 Å². The van der Waals surface area contributed by atoms with Crippen LogP contribution in [0.5, 0.6) is 0 Å². The Morgan fingerprint density at radius 2 is 0.673 bits per heavy atom. The molecule has 1 aliphatic rings. The van der Waals surface area contributed by atoms with Crippen LogP contribution in [0.2, 0.25) is 0 Å². The van der Waals surface area contributed by atoms with Crippen molar-refractivity contribution in [2.45, 2.75) is 12.8 Å². The molecular weight excluding hydrogens is 663 g/mol. The van der Waals surface area contributed by atoms with Gasteiger partial charge in [0.25, 0.3) is 0 Å². The van der Waals surface area contributed by atoms with Crippen LogP contribution in [-0.4, -0.2) is 4.57 Å². The second kappa shape index (κ2) is 14.1. The van der Waals surface area contributed by atoms with E-state index in [0.717, 1.165) is 18.5 Å². The van der Waals surface area contributed by atoms with E-state index in [0.29, 0.717) is 0 Å². The first-order valence-corrected chi connectivity index (χ1v) is 19.2. The number of benzene rings is 8. The van der Waals surface area contributed by atoms with Gasteiger partial charge in [-0.1, -0.05) is 146 Å². The van der Waals surface area contributed by atoms with E-state index in [1.165, 1.54) is 88.9 Å². The largest absolute Gasteiger partial charge is 0.310 e. The number of para-hydroxylation sites is 1. The van der Waals surface area contributed by atoms with E-state index in [9.17, 15) is 0 Å². The van der Waals surface area contributed by atoms with Gasteiger partial charge in [-0.25, -0.2) is 0 Å². The van der Waals surface area contributed by atoms with Crippen LogP contribution in [0.1, 0.15) is 17.7 Å². The third kappa shape index (κ3) is 6.30. The average Bonchev–Trinajstić information content (AvgIpc) is 3.61. The van der Waals surface area contributed by atoms with Gasteiger partial charge in [0.1, 0.15) is 0 Å². The molecule has 9 aromatic rings. The first-order chi connectivity index (χ1) is 27.2. The highest BCUT2D eigenvalue weighted by molar-refractivity contribution is 5.92. The van der Waals surface area contributed by atoms with Gasteiger partial charge >= 0.3 is 0 Å². The summed E-state index contributed by atoms with van der Waals surface area (Å²) in [5, 5.41) is 1.34. The van der Waals surface area contributed by atoms with Crippen molar-refractivity contribution in [1.29, 1.82) is 0 Å². The topological polar surface area (TPSA) is 4.93 Å². The molecule has 0 saturated heterocycles. The Bertz CT molecular complexity index is 2570. The van der Waals surface area contributed by atoms with Crippen LogP contribution in [0, 0.1) is 0 Å². The second-order valence-electron chi connectivity index (χ2n) is 14.5. The van der Waals surface area contributed by atoms with Gasteiger partial charge in [0.15, 0.2) is 0 Å². The number of aryl methyl sites for hydroxylation is 1. The number of hydrogen-bond donors (Lipinski definition) is 0. The highest BCUT2D eigenvalue weighted by atomic mass is 15.0. The third-order valence-electron chi connectivity index (χ3n) is 11.0. The molecule has 260 valence electrons. The first-order valence-electron chi connectivity index (χ1n) is 19.2. The molecule has 0 atom stereocenters. The lowest BCUT2D eigenvalue weighted by Gasteiger charge is -2.18. The molecule has 10 rings (SSSR count). The molecule has 8 aromatic carbocycles. The van der Waals surface area contributed by atoms with Crippen molar-refractivity contribution in [2.24, 2.45) is 0 Å². The molecule has 0 aliphatic heterocycles. The number of allylic oxidation sites excluding steroid dienone is 1. The van der Waals surface area contributed by atoms with E-state index in [1.807, 2.05) is 0 Å². The summed E-state index contributed by atoms with van der Waals surface area (Å²) >= 11 is 0. The predicted octanol–water partition coefficient (Wildman–Crippen LogP) is 14.6. The summed E-state index contributed by atoms with van der Waals surface area (Å²) in [5.41, 5.74) is 19.5. The quantitative estimate of drug-likeness (QED) is 0.156. The van der Waals surface area contributed by atoms with Crippen LogP contribution >= 0.6 is 0 Å². The van der Waals surface area contributed by atoms with E-state index in [-0.39, 0.29) is 0 Å². The lowest BCUT2D eigenvalue weighted by molar-refractivity contribution is 0.968. The van der Waals surface area contributed by atoms with Crippen LogP contribution in [0.25, 0.3) is 89.4 Å². The van der Waals surface area contributed by atoms with Crippen molar-refractivity contribution < 1.29 is 0 Å². The molecule has 0 fully saturated rings. The molecule has 1 aromatic heterocycles. The van der Waals surface area contributed by atoms with Gasteiger partial charge in [-0.2, -0.15) is 0 Å². The molecule has 0 saturated carbocycles. The Morgan fingerprint density at radius 3 is 1.09 bits per heavy atom. The number of aromatic nitrogens is 1. The molecule has 0 unspecified atom stereocenters. The van der Waals surface area contributed by atoms with E-state index in [4.69, 9.17) is 0 Å². The van der Waals surface area contributed by atoms with Crippen LogP contribution < -0.4 is 0 Å². The minimum Gasteiger partial charge on any atom is -0.310 e. The van der Waals surface area contributed by atoms with Gasteiger partial charge in [0.05, 0.1) is 5.52 Å². The van der Waals surface area contributed by atoms with Crippen molar-refractivity contribution in [1.82, 2.24) is 4.57 Å². The summed E-state index contributed by atoms with van der Waals surface area (Å²) in [6.45, 7) is 0. The molecule has 1 heteroatoms. The molecule has 0 N–H and O–H groups in total. The molecular formula is C54H39N. The standard InChI is InChI=1S/C54H39N/c1-5-17-38(18-6-1)42-29-43(39-19-7-2-8-20-39)32-46(31-42)48-35-49(37-50(36-48)55-53-27-15-13-25-51(53)52-26-14-16-28-54(52)55)47-33-44(40-21-9-3-10-22-40)30-45(34-47)41-23-11-4-12-24-41/h1-13,15-25,27-37H,14,26H2. The summed E-state index contributed by atoms with van der Waals surface area (Å²) in [6.07, 6.45) is 6.77. The lowest BCUT2D eigenvalue weighted by atomic mass is 9.90. The molecule has 55 heavy (non-hydrogen) atoms. The van der Waals surface area contributed by atoms with Crippen LogP contribution in [0.4, 0.5) is 0 Å². The lowest BCUT2D eigenvalue weighted by Crippen LogP contribution is -2.01. The number of rotatable bonds is 7. The number of nitrogens with zero attached hydrogens (tertiary/aromatic N) is 1. The van der Waals surface area contributed by atoms with Crippen LogP contribution in [0.3, 0.4) is 0 Å². The van der Waals surface area contributed by atoms with Gasteiger partial charge < -0.3 is 4.57 Å². The summed E-state index contributed by atoms with van der Waals surface area (Å²) in [7, 11) is 0. The predicted molar refractivity (Wildman–Crippen MR) is 233 cm³/mol. The Morgan fingerprint density at radius 1 is 0.327 bits per heavy atom. The second-order valence-corrected chi connectivity index (χ2v) is 14.5. The smallest absolute Gasteiger partial charge is 0.0537 e. The first kappa shape index (κ1) is 32.7. The molecule has 0 bridgehead atoms. The Kier molecular flexibility index (Phi) is 8.39. The maximum absolute atomic E-state index is 2.49. The van der Waals surface area contributed by atoms with E-state index in [1.54, 1.807) is 0 Å². The molecule has 0 amide bonds. The van der Waals surface area contributed by atoms with Crippen molar-refractivity contribution in [2.75, 3.05) is 0 Å². The normalized spacial score (nSPS) is 12.1. The maximum Gasteiger partial charge on any atom is 0.0537 e. The molecule has 1 heterocycles. The Hall–Kier alpha value is -6.96. The molecule has 0 radical (unpaired) electrons. The fraction of sp³-hybridized carbons (Fsp3) is 0.0370. The fourth-order valence-corrected chi connectivity index (χ4v) is 8.32. The van der Waals surface area contributed by atoms with Crippen molar-refractivity contribution in [3.8, 4) is 72.4 Å². The summed E-state index contributed by atoms with van der Waals surface area (Å²) < 4.78 is 2.49. The van der Waals surface area contributed by atoms with Gasteiger partial charge in [-0.3, -0.25) is 0 Å². The summed E-state index contributed by atoms with van der Waals surface area (Å²) in [5.74, 6) is 0. The molecule has 0 spiro atoms. The van der Waals surface area contributed by atoms with Gasteiger partial charge in [0.2, 0.25) is 0 Å². The highest BCUT2D eigenvalue weighted by Gasteiger charge is 2.20. The van der Waals surface area contributed by atoms with Crippen LogP contribution in [0.15, 0.2) is 206 Å². The maximum atomic E-state index is 2.49. The minimum atomic E-state index is 1.05. The zero-order valence-electron chi connectivity index (χ0n) is 30.6. The summed E-state index contributed by atoms with van der Waals surface area (Å²) in [4.78, 5) is 0. The van der Waals surface area contributed by atoms with Gasteiger partial charge in [0, 0.05) is 16.8 Å². The molecule has 1 nitrogen and oxygen atoms in total. The SMILES string of the molecule is C1=Cc2c(c3ccccc3n2-c2cc(-c3cc(-c4ccccc4)cc(-c4ccccc4)c3)cc(-c3cc(-c4ccccc4)cc(-c4ccccc4)c3)c2)CC1. The zero-order valence-corrected chi connectivity index (χ0v) is 30.6.